The van der Waals surface area contributed by atoms with Crippen LogP contribution in [-0.2, 0) is 42.8 Å². The Kier molecular flexibility index (Phi) is 11.8. The Balaban J connectivity index is 1.56. The van der Waals surface area contributed by atoms with E-state index in [0.29, 0.717) is 10.7 Å². The van der Waals surface area contributed by atoms with Gasteiger partial charge in [-0.2, -0.15) is 45.3 Å². The summed E-state index contributed by atoms with van der Waals surface area (Å²) >= 11 is 7.58. The molecule has 308 valence electrons. The lowest BCUT2D eigenvalue weighted by Crippen LogP contribution is -2.35. The van der Waals surface area contributed by atoms with Crippen LogP contribution in [0, 0.1) is 35.3 Å². The van der Waals surface area contributed by atoms with Gasteiger partial charge in [-0.1, -0.05) is 56.3 Å². The van der Waals surface area contributed by atoms with Crippen LogP contribution in [0.25, 0.3) is 22.0 Å². The minimum Gasteiger partial charge on any atom is -0.346 e. The Morgan fingerprint density at radius 3 is 2.31 bits per heavy atom. The summed E-state index contributed by atoms with van der Waals surface area (Å²) in [5, 5.41) is 10.2. The number of pyridine rings is 1. The van der Waals surface area contributed by atoms with Crippen molar-refractivity contribution in [2.45, 2.75) is 71.0 Å². The van der Waals surface area contributed by atoms with Crippen molar-refractivity contribution in [2.75, 3.05) is 11.0 Å². The van der Waals surface area contributed by atoms with E-state index < -0.39 is 90.7 Å². The quantitative estimate of drug-likeness (QED) is 0.0827. The summed E-state index contributed by atoms with van der Waals surface area (Å²) in [4.78, 5) is 18.5. The number of fused-ring (bicyclic) bond motifs is 2. The number of nitrogens with zero attached hydrogens (tertiary/aromatic N) is 5. The second-order valence-electron chi connectivity index (χ2n) is 14.0. The molecular formula is C38H32ClF10N7OS. The largest absolute Gasteiger partial charge is 0.435 e. The molecule has 3 heterocycles. The zero-order chi connectivity index (χ0) is 42.5. The van der Waals surface area contributed by atoms with Crippen LogP contribution in [0.1, 0.15) is 60.7 Å². The Hall–Kier alpha value is -4.96. The van der Waals surface area contributed by atoms with Gasteiger partial charge in [0.25, 0.3) is 5.92 Å². The van der Waals surface area contributed by atoms with E-state index in [9.17, 15) is 39.9 Å². The van der Waals surface area contributed by atoms with Crippen LogP contribution in [-0.4, -0.2) is 42.9 Å². The molecule has 1 aliphatic rings. The van der Waals surface area contributed by atoms with Gasteiger partial charge in [0.2, 0.25) is 5.91 Å². The lowest BCUT2D eigenvalue weighted by atomic mass is 9.93. The minimum atomic E-state index is -5.13. The molecule has 1 amide bonds. The maximum atomic E-state index is 15.3. The Labute approximate surface area is 333 Å². The summed E-state index contributed by atoms with van der Waals surface area (Å²) < 4.78 is 147. The van der Waals surface area contributed by atoms with Crippen LogP contribution in [0.2, 0.25) is 5.02 Å². The molecule has 2 aromatic carbocycles. The van der Waals surface area contributed by atoms with Gasteiger partial charge in [-0.25, -0.2) is 13.8 Å². The molecule has 5 aromatic rings. The lowest BCUT2D eigenvalue weighted by Gasteiger charge is -2.23. The minimum absolute atomic E-state index is 0.0104. The third-order valence-electron chi connectivity index (χ3n) is 9.16. The summed E-state index contributed by atoms with van der Waals surface area (Å²) in [5.74, 6) is -2.87. The molecule has 0 saturated heterocycles. The smallest absolute Gasteiger partial charge is 0.346 e. The topological polar surface area (TPSA) is 89.7 Å². The van der Waals surface area contributed by atoms with Gasteiger partial charge < -0.3 is 10.0 Å². The molecule has 2 unspecified atom stereocenters. The number of rotatable bonds is 10. The molecule has 0 aliphatic heterocycles. The summed E-state index contributed by atoms with van der Waals surface area (Å²) in [5.41, 5.74) is -3.44. The first-order valence-corrected chi connectivity index (χ1v) is 19.0. The van der Waals surface area contributed by atoms with Crippen molar-refractivity contribution in [3.8, 4) is 23.0 Å². The van der Waals surface area contributed by atoms with Crippen molar-refractivity contribution >= 4 is 46.2 Å². The lowest BCUT2D eigenvalue weighted by molar-refractivity contribution is -0.143. The first-order valence-electron chi connectivity index (χ1n) is 17.4. The predicted molar refractivity (Wildman–Crippen MR) is 198 cm³/mol. The third kappa shape index (κ3) is 8.87. The summed E-state index contributed by atoms with van der Waals surface area (Å²) in [7, 11) is 0. The first kappa shape index (κ1) is 42.6. The maximum absolute atomic E-state index is 15.3. The second kappa shape index (κ2) is 16.0. The maximum Gasteiger partial charge on any atom is 0.435 e. The molecule has 0 fully saturated rings. The average Bonchev–Trinajstić information content (AvgIpc) is 3.72. The van der Waals surface area contributed by atoms with Gasteiger partial charge in [-0.05, 0) is 54.7 Å². The molecule has 0 saturated carbocycles. The monoisotopic (exact) mass is 859 g/mol. The van der Waals surface area contributed by atoms with Crippen molar-refractivity contribution in [1.29, 1.82) is 0 Å². The highest BCUT2D eigenvalue weighted by atomic mass is 35.5. The first-order chi connectivity index (χ1) is 27.1. The summed E-state index contributed by atoms with van der Waals surface area (Å²) in [6.45, 7) is 1.93. The molecule has 8 nitrogen and oxygen atoms in total. The number of alkyl halides is 8. The van der Waals surface area contributed by atoms with Crippen LogP contribution in [0.15, 0.2) is 42.5 Å². The number of carbonyl (C=O) groups is 1. The van der Waals surface area contributed by atoms with Gasteiger partial charge in [0.1, 0.15) is 36.1 Å². The van der Waals surface area contributed by atoms with E-state index in [-0.39, 0.29) is 60.4 Å². The van der Waals surface area contributed by atoms with Crippen molar-refractivity contribution in [1.82, 2.24) is 29.9 Å². The molecular weight excluding hydrogens is 828 g/mol. The van der Waals surface area contributed by atoms with Crippen molar-refractivity contribution in [3.05, 3.63) is 93.0 Å². The van der Waals surface area contributed by atoms with Gasteiger partial charge in [-0.3, -0.25) is 14.2 Å². The standard InChI is InChI=1S/C38H32ClF10N7OS/c1-18(2)5-6-23-7-8-24(25-9-10-27(39)30-32(25)56(17-36(42,43)44)53-35(30)54-58-4)31(50-23)28(14-20-12-21(40)15-22(41)13-20)51-29(57)16-55-34-26(11-19(3)37(34,45)46)33(52-55)38(47,48)49/h7-10,12-13,15,18-19,28H,11,14,16-17H2,1-4H3,(H,51,57)(H,53,54). The number of nitrogens with one attached hydrogen (secondary N) is 2. The molecule has 58 heavy (non-hydrogen) atoms. The van der Waals surface area contributed by atoms with Crippen LogP contribution in [0.4, 0.5) is 49.7 Å². The number of hydrogen-bond donors (Lipinski definition) is 2. The highest BCUT2D eigenvalue weighted by Gasteiger charge is 2.54. The Morgan fingerprint density at radius 1 is 1.02 bits per heavy atom. The molecule has 0 bridgehead atoms. The second-order valence-corrected chi connectivity index (χ2v) is 15.0. The highest BCUT2D eigenvalue weighted by molar-refractivity contribution is 7.99. The van der Waals surface area contributed by atoms with Gasteiger partial charge in [0.15, 0.2) is 11.5 Å². The number of aromatic nitrogens is 5. The van der Waals surface area contributed by atoms with Crippen LogP contribution >= 0.6 is 23.5 Å². The Bertz CT molecular complexity index is 2430. The van der Waals surface area contributed by atoms with E-state index in [1.54, 1.807) is 20.1 Å². The number of halogens is 11. The van der Waals surface area contributed by atoms with Crippen LogP contribution in [0.3, 0.4) is 0 Å². The number of benzene rings is 2. The molecule has 20 heteroatoms. The molecule has 2 atom stereocenters. The van der Waals surface area contributed by atoms with E-state index in [1.807, 2.05) is 0 Å². The van der Waals surface area contributed by atoms with E-state index in [1.165, 1.54) is 24.3 Å². The zero-order valence-corrected chi connectivity index (χ0v) is 32.4. The van der Waals surface area contributed by atoms with Gasteiger partial charge in [-0.15, -0.1) is 0 Å². The number of hydrogen-bond acceptors (Lipinski definition) is 6. The number of anilines is 1. The molecule has 6 rings (SSSR count). The zero-order valence-electron chi connectivity index (χ0n) is 30.8. The number of carbonyl (C=O) groups excluding carboxylic acids is 1. The average molecular weight is 860 g/mol. The van der Waals surface area contributed by atoms with Crippen molar-refractivity contribution < 1.29 is 48.7 Å². The van der Waals surface area contributed by atoms with Crippen molar-refractivity contribution in [3.63, 3.8) is 0 Å². The van der Waals surface area contributed by atoms with E-state index >= 15 is 8.78 Å². The number of amides is 1. The molecule has 3 aromatic heterocycles. The van der Waals surface area contributed by atoms with E-state index in [4.69, 9.17) is 11.6 Å². The highest BCUT2D eigenvalue weighted by Crippen LogP contribution is 2.49. The van der Waals surface area contributed by atoms with E-state index in [0.717, 1.165) is 31.0 Å². The SMILES string of the molecule is CSNc1nn(CC(F)(F)F)c2c(-c3ccc(C#CC(C)C)nc3C(Cc3cc(F)cc(F)c3)NC(=O)Cn3nc(C(F)(F)F)c4c3C(F)(F)C(C)C4)ccc(Cl)c12. The van der Waals surface area contributed by atoms with Crippen molar-refractivity contribution in [2.24, 2.45) is 11.8 Å². The fourth-order valence-corrected chi connectivity index (χ4v) is 7.42. The molecule has 0 spiro atoms. The van der Waals surface area contributed by atoms with E-state index in [2.05, 4.69) is 37.1 Å². The van der Waals surface area contributed by atoms with Gasteiger partial charge in [0, 0.05) is 40.8 Å². The van der Waals surface area contributed by atoms with Crippen LogP contribution in [0.5, 0.6) is 0 Å². The Morgan fingerprint density at radius 2 is 1.69 bits per heavy atom. The molecule has 1 aliphatic carbocycles. The van der Waals surface area contributed by atoms with Gasteiger partial charge >= 0.3 is 12.4 Å². The summed E-state index contributed by atoms with van der Waals surface area (Å²) in [6.07, 6.45) is -9.40. The third-order valence-corrected chi connectivity index (χ3v) is 9.87. The fraction of sp³-hybridized carbons (Fsp3) is 0.368. The fourth-order valence-electron chi connectivity index (χ4n) is 6.84. The predicted octanol–water partition coefficient (Wildman–Crippen LogP) is 9.89. The molecule has 0 radical (unpaired) electrons. The summed E-state index contributed by atoms with van der Waals surface area (Å²) in [6, 6.07) is 6.70. The normalized spacial score (nSPS) is 15.7. The molecule has 2 N–H and O–H groups in total. The van der Waals surface area contributed by atoms with Gasteiger partial charge in [0.05, 0.1) is 27.7 Å². The van der Waals surface area contributed by atoms with Crippen LogP contribution < -0.4 is 10.0 Å².